The Morgan fingerprint density at radius 3 is 1.83 bits per heavy atom. The zero-order chi connectivity index (χ0) is 20.0. The molecule has 0 amide bonds. The van der Waals surface area contributed by atoms with Gasteiger partial charge in [-0.3, -0.25) is 0 Å². The van der Waals surface area contributed by atoms with Gasteiger partial charge in [0.25, 0.3) is 0 Å². The van der Waals surface area contributed by atoms with Gasteiger partial charge in [-0.25, -0.2) is 0 Å². The summed E-state index contributed by atoms with van der Waals surface area (Å²) < 4.78 is 0. The minimum absolute atomic E-state index is 0.680. The van der Waals surface area contributed by atoms with Crippen molar-refractivity contribution in [3.63, 3.8) is 0 Å². The van der Waals surface area contributed by atoms with E-state index in [0.29, 0.717) is 5.92 Å². The minimum Gasteiger partial charge on any atom is -0.0620 e. The summed E-state index contributed by atoms with van der Waals surface area (Å²) in [6.45, 7) is 6.85. The van der Waals surface area contributed by atoms with E-state index in [1.54, 1.807) is 5.56 Å². The molecule has 1 fully saturated rings. The molecule has 1 aliphatic carbocycles. The lowest BCUT2D eigenvalue weighted by atomic mass is 9.73. The van der Waals surface area contributed by atoms with Gasteiger partial charge in [0.05, 0.1) is 0 Å². The quantitative estimate of drug-likeness (QED) is 0.248. The molecular weight excluding hydrogens is 348 g/mol. The van der Waals surface area contributed by atoms with Crippen molar-refractivity contribution < 1.29 is 0 Å². The van der Waals surface area contributed by atoms with Gasteiger partial charge in [-0.1, -0.05) is 79.2 Å². The molecule has 0 unspecified atom stereocenters. The van der Waals surface area contributed by atoms with E-state index >= 15 is 0 Å². The molecule has 0 spiro atoms. The lowest BCUT2D eigenvalue weighted by molar-refractivity contribution is 0.422. The largest absolute Gasteiger partial charge is 0.0620 e. The lowest BCUT2D eigenvalue weighted by Gasteiger charge is -2.31. The van der Waals surface area contributed by atoms with Crippen LogP contribution in [0.1, 0.15) is 61.3 Å². The van der Waals surface area contributed by atoms with Crippen LogP contribution in [0.2, 0.25) is 0 Å². The molecule has 0 bridgehead atoms. The van der Waals surface area contributed by atoms with Gasteiger partial charge in [-0.05, 0) is 94.5 Å². The molecular formula is C29H28. The van der Waals surface area contributed by atoms with E-state index in [1.807, 2.05) is 0 Å². The van der Waals surface area contributed by atoms with Crippen molar-refractivity contribution in [1.82, 2.24) is 0 Å². The van der Waals surface area contributed by atoms with Gasteiger partial charge in [0.15, 0.2) is 0 Å². The van der Waals surface area contributed by atoms with E-state index in [-0.39, 0.29) is 0 Å². The van der Waals surface area contributed by atoms with Crippen molar-refractivity contribution in [2.45, 2.75) is 46.0 Å². The third-order valence-electron chi connectivity index (χ3n) is 6.97. The predicted molar refractivity (Wildman–Crippen MR) is 127 cm³/mol. The Balaban J connectivity index is 1.91. The standard InChI is InChI=1S/C29H28/c1-19-11-4-5-14-23(19)20(2)21(3)28-26-17-8-6-15-24(26)25-16-7-9-18-27(25)29(28)22-12-10-13-22/h4-9,11,14-18,22H,10,12-13H2,1-3H3/b21-20+. The maximum atomic E-state index is 2.34. The van der Waals surface area contributed by atoms with Crippen molar-refractivity contribution in [3.8, 4) is 0 Å². The second kappa shape index (κ2) is 7.19. The summed E-state index contributed by atoms with van der Waals surface area (Å²) in [7, 11) is 0. The first-order valence-corrected chi connectivity index (χ1v) is 10.8. The fraction of sp³-hybridized carbons (Fsp3) is 0.241. The maximum Gasteiger partial charge on any atom is -0.00991 e. The molecule has 0 radical (unpaired) electrons. The zero-order valence-electron chi connectivity index (χ0n) is 17.6. The van der Waals surface area contributed by atoms with Crippen molar-refractivity contribution in [1.29, 1.82) is 0 Å². The number of hydrogen-bond donors (Lipinski definition) is 0. The average molecular weight is 377 g/mol. The molecule has 29 heavy (non-hydrogen) atoms. The molecule has 4 aromatic carbocycles. The molecule has 0 atom stereocenters. The number of hydrogen-bond acceptors (Lipinski definition) is 0. The third kappa shape index (κ3) is 2.90. The van der Waals surface area contributed by atoms with Crippen LogP contribution in [0, 0.1) is 6.92 Å². The van der Waals surface area contributed by atoms with Crippen LogP contribution in [0.15, 0.2) is 72.8 Å². The topological polar surface area (TPSA) is 0 Å². The molecule has 0 saturated heterocycles. The Morgan fingerprint density at radius 1 is 0.655 bits per heavy atom. The van der Waals surface area contributed by atoms with Crippen LogP contribution in [-0.4, -0.2) is 0 Å². The van der Waals surface area contributed by atoms with E-state index in [9.17, 15) is 0 Å². The van der Waals surface area contributed by atoms with Crippen LogP contribution in [0.4, 0.5) is 0 Å². The molecule has 1 aliphatic rings. The number of fused-ring (bicyclic) bond motifs is 3. The van der Waals surface area contributed by atoms with Gasteiger partial charge in [-0.2, -0.15) is 0 Å². The Kier molecular flexibility index (Phi) is 4.51. The molecule has 1 saturated carbocycles. The smallest absolute Gasteiger partial charge is 0.00991 e. The molecule has 144 valence electrons. The van der Waals surface area contributed by atoms with Gasteiger partial charge in [-0.15, -0.1) is 0 Å². The second-order valence-electron chi connectivity index (χ2n) is 8.57. The third-order valence-corrected chi connectivity index (χ3v) is 6.97. The van der Waals surface area contributed by atoms with E-state index in [0.717, 1.165) is 0 Å². The van der Waals surface area contributed by atoms with E-state index < -0.39 is 0 Å². The Labute approximate surface area is 173 Å². The Morgan fingerprint density at radius 2 is 1.21 bits per heavy atom. The number of allylic oxidation sites excluding steroid dienone is 2. The molecule has 4 aromatic rings. The first-order chi connectivity index (χ1) is 14.2. The highest BCUT2D eigenvalue weighted by Gasteiger charge is 2.27. The van der Waals surface area contributed by atoms with E-state index in [1.165, 1.54) is 68.6 Å². The number of rotatable bonds is 3. The minimum atomic E-state index is 0.680. The summed E-state index contributed by atoms with van der Waals surface area (Å²) in [5.74, 6) is 0.680. The number of aryl methyl sites for hydroxylation is 1. The van der Waals surface area contributed by atoms with Crippen LogP contribution < -0.4 is 0 Å². The monoisotopic (exact) mass is 376 g/mol. The normalized spacial score (nSPS) is 15.4. The number of benzene rings is 4. The summed E-state index contributed by atoms with van der Waals surface area (Å²) in [4.78, 5) is 0. The summed E-state index contributed by atoms with van der Waals surface area (Å²) >= 11 is 0. The Bertz CT molecular complexity index is 1250. The highest BCUT2D eigenvalue weighted by Crippen LogP contribution is 2.47. The summed E-state index contributed by atoms with van der Waals surface area (Å²) in [5, 5.41) is 5.62. The lowest BCUT2D eigenvalue weighted by Crippen LogP contribution is -2.12. The first-order valence-electron chi connectivity index (χ1n) is 10.8. The predicted octanol–water partition coefficient (Wildman–Crippen LogP) is 8.52. The maximum absolute atomic E-state index is 2.34. The van der Waals surface area contributed by atoms with Crippen molar-refractivity contribution in [2.24, 2.45) is 0 Å². The molecule has 0 N–H and O–H groups in total. The average Bonchev–Trinajstić information content (AvgIpc) is 2.72. The van der Waals surface area contributed by atoms with E-state index in [2.05, 4.69) is 93.6 Å². The summed E-state index contributed by atoms with van der Waals surface area (Å²) in [5.41, 5.74) is 8.58. The highest BCUT2D eigenvalue weighted by molar-refractivity contribution is 6.15. The second-order valence-corrected chi connectivity index (χ2v) is 8.57. The molecule has 5 rings (SSSR count). The van der Waals surface area contributed by atoms with Crippen molar-refractivity contribution in [2.75, 3.05) is 0 Å². The van der Waals surface area contributed by atoms with Gasteiger partial charge in [0.1, 0.15) is 0 Å². The fourth-order valence-corrected chi connectivity index (χ4v) is 5.08. The van der Waals surface area contributed by atoms with Crippen LogP contribution in [0.5, 0.6) is 0 Å². The Hall–Kier alpha value is -2.86. The van der Waals surface area contributed by atoms with Crippen LogP contribution in [-0.2, 0) is 0 Å². The van der Waals surface area contributed by atoms with Crippen LogP contribution in [0.25, 0.3) is 32.7 Å². The van der Waals surface area contributed by atoms with Gasteiger partial charge >= 0.3 is 0 Å². The molecule has 0 nitrogen and oxygen atoms in total. The summed E-state index contributed by atoms with van der Waals surface area (Å²) in [6, 6.07) is 26.8. The molecule has 0 aromatic heterocycles. The van der Waals surface area contributed by atoms with Gasteiger partial charge in [0, 0.05) is 0 Å². The highest BCUT2D eigenvalue weighted by atomic mass is 14.3. The first kappa shape index (κ1) is 18.2. The summed E-state index contributed by atoms with van der Waals surface area (Å²) in [6.07, 6.45) is 3.98. The van der Waals surface area contributed by atoms with Crippen molar-refractivity contribution in [3.05, 3.63) is 95.1 Å². The van der Waals surface area contributed by atoms with Crippen molar-refractivity contribution >= 4 is 32.7 Å². The molecule has 0 aliphatic heterocycles. The van der Waals surface area contributed by atoms with Crippen LogP contribution in [0.3, 0.4) is 0 Å². The zero-order valence-corrected chi connectivity index (χ0v) is 17.6. The van der Waals surface area contributed by atoms with Gasteiger partial charge in [0.2, 0.25) is 0 Å². The van der Waals surface area contributed by atoms with Crippen LogP contribution >= 0.6 is 0 Å². The molecule has 0 heterocycles. The fourth-order valence-electron chi connectivity index (χ4n) is 5.08. The van der Waals surface area contributed by atoms with Gasteiger partial charge < -0.3 is 0 Å². The van der Waals surface area contributed by atoms with E-state index in [4.69, 9.17) is 0 Å². The SMILES string of the molecule is C/C(=C(/C)c1c(C2CCC2)c2ccccc2c2ccccc12)c1ccccc1C. The molecule has 0 heteroatoms.